The summed E-state index contributed by atoms with van der Waals surface area (Å²) in [5.41, 5.74) is 1.95. The van der Waals surface area contributed by atoms with Gasteiger partial charge in [-0.3, -0.25) is 9.89 Å². The molecule has 4 rings (SSSR count). The molecule has 1 amide bonds. The van der Waals surface area contributed by atoms with Gasteiger partial charge in [-0.1, -0.05) is 23.4 Å². The molecule has 0 bridgehead atoms. The Morgan fingerprint density at radius 1 is 1.37 bits per heavy atom. The molecule has 30 heavy (non-hydrogen) atoms. The highest BCUT2D eigenvalue weighted by Gasteiger charge is 2.30. The zero-order valence-electron chi connectivity index (χ0n) is 16.8. The van der Waals surface area contributed by atoms with Gasteiger partial charge in [-0.15, -0.1) is 0 Å². The predicted molar refractivity (Wildman–Crippen MR) is 115 cm³/mol. The number of rotatable bonds is 7. The van der Waals surface area contributed by atoms with E-state index in [2.05, 4.69) is 25.5 Å². The van der Waals surface area contributed by atoms with E-state index >= 15 is 0 Å². The van der Waals surface area contributed by atoms with Gasteiger partial charge in [0.2, 0.25) is 0 Å². The van der Waals surface area contributed by atoms with Gasteiger partial charge in [-0.05, 0) is 26.0 Å². The average Bonchev–Trinajstić information content (AvgIpc) is 3.34. The Morgan fingerprint density at radius 2 is 2.17 bits per heavy atom. The molecule has 2 atom stereocenters. The SMILES string of the molecule is C[C@@H]1CN(C(=O)c2nc3ccc(Cl)cn3c2CNCCSc2ncn[nH]2)C[C@H](C)O1. The first-order valence-electron chi connectivity index (χ1n) is 9.81. The van der Waals surface area contributed by atoms with Gasteiger partial charge in [-0.25, -0.2) is 9.97 Å². The molecule has 4 heterocycles. The van der Waals surface area contributed by atoms with Crippen molar-refractivity contribution < 1.29 is 9.53 Å². The van der Waals surface area contributed by atoms with Crippen molar-refractivity contribution in [1.29, 1.82) is 0 Å². The number of amides is 1. The summed E-state index contributed by atoms with van der Waals surface area (Å²) in [7, 11) is 0. The third-order valence-electron chi connectivity index (χ3n) is 4.79. The number of hydrogen-bond donors (Lipinski definition) is 2. The Hall–Kier alpha value is -2.14. The minimum atomic E-state index is -0.0790. The summed E-state index contributed by atoms with van der Waals surface area (Å²) in [6, 6.07) is 3.61. The molecule has 0 aromatic carbocycles. The summed E-state index contributed by atoms with van der Waals surface area (Å²) in [5, 5.41) is 11.4. The van der Waals surface area contributed by atoms with Crippen molar-refractivity contribution in [3.05, 3.63) is 41.1 Å². The smallest absolute Gasteiger partial charge is 0.274 e. The maximum absolute atomic E-state index is 13.3. The van der Waals surface area contributed by atoms with E-state index in [0.29, 0.717) is 36.0 Å². The number of thioether (sulfide) groups is 1. The third-order valence-corrected chi connectivity index (χ3v) is 5.90. The maximum atomic E-state index is 13.3. The number of H-pyrrole nitrogens is 1. The van der Waals surface area contributed by atoms with Gasteiger partial charge < -0.3 is 19.4 Å². The van der Waals surface area contributed by atoms with Crippen LogP contribution in [-0.2, 0) is 11.3 Å². The number of fused-ring (bicyclic) bond motifs is 1. The standard InChI is InChI=1S/C19H24ClN7O2S/c1-12-8-26(9-13(2)29-12)18(28)17-15(27-10-14(20)3-4-16(27)24-17)7-21-5-6-30-19-22-11-23-25-19/h3-4,10-13,21H,5-9H2,1-2H3,(H,22,23,25)/t12-,13+. The van der Waals surface area contributed by atoms with Gasteiger partial charge in [0.05, 0.1) is 22.9 Å². The van der Waals surface area contributed by atoms with Gasteiger partial charge in [0.25, 0.3) is 5.91 Å². The fourth-order valence-electron chi connectivity index (χ4n) is 3.59. The van der Waals surface area contributed by atoms with E-state index in [1.54, 1.807) is 24.0 Å². The van der Waals surface area contributed by atoms with Gasteiger partial charge in [0, 0.05) is 38.1 Å². The Labute approximate surface area is 183 Å². The Morgan fingerprint density at radius 3 is 2.90 bits per heavy atom. The maximum Gasteiger partial charge on any atom is 0.274 e. The lowest BCUT2D eigenvalue weighted by molar-refractivity contribution is -0.0587. The highest BCUT2D eigenvalue weighted by atomic mass is 35.5. The van der Waals surface area contributed by atoms with E-state index in [-0.39, 0.29) is 18.1 Å². The lowest BCUT2D eigenvalue weighted by atomic mass is 10.2. The number of imidazole rings is 1. The van der Waals surface area contributed by atoms with Crippen molar-refractivity contribution >= 4 is 34.9 Å². The van der Waals surface area contributed by atoms with E-state index in [4.69, 9.17) is 16.3 Å². The van der Waals surface area contributed by atoms with Gasteiger partial charge >= 0.3 is 0 Å². The predicted octanol–water partition coefficient (Wildman–Crippen LogP) is 2.24. The van der Waals surface area contributed by atoms with Crippen molar-refractivity contribution in [2.45, 2.75) is 37.8 Å². The molecule has 0 radical (unpaired) electrons. The zero-order valence-corrected chi connectivity index (χ0v) is 18.4. The summed E-state index contributed by atoms with van der Waals surface area (Å²) in [4.78, 5) is 23.9. The van der Waals surface area contributed by atoms with E-state index < -0.39 is 0 Å². The Balaban J connectivity index is 1.51. The number of carbonyl (C=O) groups excluding carboxylic acids is 1. The fourth-order valence-corrected chi connectivity index (χ4v) is 4.43. The van der Waals surface area contributed by atoms with E-state index in [1.165, 1.54) is 6.33 Å². The number of aromatic nitrogens is 5. The third kappa shape index (κ3) is 4.77. The highest BCUT2D eigenvalue weighted by molar-refractivity contribution is 7.99. The van der Waals surface area contributed by atoms with Crippen LogP contribution in [0.4, 0.5) is 0 Å². The minimum Gasteiger partial charge on any atom is -0.372 e. The van der Waals surface area contributed by atoms with Gasteiger partial charge in [0.15, 0.2) is 10.9 Å². The summed E-state index contributed by atoms with van der Waals surface area (Å²) < 4.78 is 7.65. The first kappa shape index (κ1) is 21.1. The minimum absolute atomic E-state index is 0.00105. The zero-order chi connectivity index (χ0) is 21.1. The lowest BCUT2D eigenvalue weighted by Crippen LogP contribution is -2.48. The number of halogens is 1. The summed E-state index contributed by atoms with van der Waals surface area (Å²) in [6.45, 7) is 6.30. The molecule has 1 aliphatic heterocycles. The lowest BCUT2D eigenvalue weighted by Gasteiger charge is -2.35. The molecular weight excluding hydrogens is 426 g/mol. The van der Waals surface area contributed by atoms with Crippen LogP contribution in [0.2, 0.25) is 5.02 Å². The summed E-state index contributed by atoms with van der Waals surface area (Å²) >= 11 is 7.79. The Kier molecular flexibility index (Phi) is 6.57. The van der Waals surface area contributed by atoms with Crippen LogP contribution in [0.3, 0.4) is 0 Å². The normalized spacial score (nSPS) is 19.5. The largest absolute Gasteiger partial charge is 0.372 e. The monoisotopic (exact) mass is 449 g/mol. The topological polar surface area (TPSA) is 100 Å². The molecule has 1 fully saturated rings. The van der Waals surface area contributed by atoms with Gasteiger partial charge in [0.1, 0.15) is 12.0 Å². The van der Waals surface area contributed by atoms with Crippen LogP contribution in [0, 0.1) is 0 Å². The highest BCUT2D eigenvalue weighted by Crippen LogP contribution is 2.20. The fraction of sp³-hybridized carbons (Fsp3) is 0.474. The van der Waals surface area contributed by atoms with Crippen molar-refractivity contribution in [2.75, 3.05) is 25.4 Å². The number of aromatic amines is 1. The molecule has 3 aromatic heterocycles. The van der Waals surface area contributed by atoms with E-state index in [0.717, 1.165) is 23.1 Å². The number of nitrogens with one attached hydrogen (secondary N) is 2. The number of carbonyl (C=O) groups is 1. The van der Waals surface area contributed by atoms with Crippen LogP contribution in [0.25, 0.3) is 5.65 Å². The van der Waals surface area contributed by atoms with Crippen LogP contribution >= 0.6 is 23.4 Å². The number of ether oxygens (including phenoxy) is 1. The second-order valence-electron chi connectivity index (χ2n) is 7.27. The van der Waals surface area contributed by atoms with Crippen molar-refractivity contribution in [3.63, 3.8) is 0 Å². The van der Waals surface area contributed by atoms with Crippen LogP contribution < -0.4 is 5.32 Å². The molecule has 1 saturated heterocycles. The molecule has 1 aliphatic rings. The number of hydrogen-bond acceptors (Lipinski definition) is 7. The second-order valence-corrected chi connectivity index (χ2v) is 8.79. The molecule has 9 nitrogen and oxygen atoms in total. The molecule has 11 heteroatoms. The van der Waals surface area contributed by atoms with Crippen LogP contribution in [0.1, 0.15) is 30.0 Å². The van der Waals surface area contributed by atoms with Gasteiger partial charge in [-0.2, -0.15) is 5.10 Å². The molecule has 3 aromatic rings. The quantitative estimate of drug-likeness (QED) is 0.421. The summed E-state index contributed by atoms with van der Waals surface area (Å²) in [5.74, 6) is 0.735. The first-order valence-corrected chi connectivity index (χ1v) is 11.2. The van der Waals surface area contributed by atoms with Crippen molar-refractivity contribution in [3.8, 4) is 0 Å². The number of morpholine rings is 1. The Bertz CT molecular complexity index is 1000. The van der Waals surface area contributed by atoms with Crippen LogP contribution in [-0.4, -0.2) is 73.0 Å². The van der Waals surface area contributed by atoms with Crippen LogP contribution in [0.5, 0.6) is 0 Å². The summed E-state index contributed by atoms with van der Waals surface area (Å²) in [6.07, 6.45) is 3.28. The van der Waals surface area contributed by atoms with E-state index in [1.807, 2.05) is 29.2 Å². The number of nitrogens with zero attached hydrogens (tertiary/aromatic N) is 5. The molecule has 0 spiro atoms. The molecule has 2 N–H and O–H groups in total. The average molecular weight is 450 g/mol. The first-order chi connectivity index (χ1) is 14.5. The van der Waals surface area contributed by atoms with Crippen LogP contribution in [0.15, 0.2) is 29.8 Å². The molecular formula is C19H24ClN7O2S. The molecule has 0 aliphatic carbocycles. The van der Waals surface area contributed by atoms with Crippen molar-refractivity contribution in [1.82, 2.24) is 34.8 Å². The number of pyridine rings is 1. The second kappa shape index (κ2) is 9.34. The molecule has 0 unspecified atom stereocenters. The van der Waals surface area contributed by atoms with E-state index in [9.17, 15) is 4.79 Å². The van der Waals surface area contributed by atoms with Crippen molar-refractivity contribution in [2.24, 2.45) is 0 Å². The molecule has 0 saturated carbocycles. The molecule has 160 valence electrons.